The highest BCUT2D eigenvalue weighted by Gasteiger charge is 2.08. The van der Waals surface area contributed by atoms with Gasteiger partial charge in [0.2, 0.25) is 5.91 Å². The zero-order valence-electron chi connectivity index (χ0n) is 11.0. The number of carbonyl (C=O) groups is 1. The molecule has 0 radical (unpaired) electrons. The summed E-state index contributed by atoms with van der Waals surface area (Å²) in [6.45, 7) is 1.92. The largest absolute Gasteiger partial charge is 0.325 e. The van der Waals surface area contributed by atoms with Gasteiger partial charge in [-0.15, -0.1) is 0 Å². The van der Waals surface area contributed by atoms with Crippen LogP contribution in [0.1, 0.15) is 5.56 Å². The topological polar surface area (TPSA) is 68.2 Å². The van der Waals surface area contributed by atoms with E-state index in [0.717, 1.165) is 13.1 Å². The summed E-state index contributed by atoms with van der Waals surface area (Å²) in [5.41, 5.74) is 0.988. The van der Waals surface area contributed by atoms with Gasteiger partial charge >= 0.3 is 0 Å². The Morgan fingerprint density at radius 1 is 1.53 bits per heavy atom. The van der Waals surface area contributed by atoms with Crippen LogP contribution in [0, 0.1) is 11.3 Å². The molecular formula is C13H17ClN4O. The van der Waals surface area contributed by atoms with Gasteiger partial charge in [-0.05, 0) is 32.3 Å². The second-order valence-electron chi connectivity index (χ2n) is 4.20. The van der Waals surface area contributed by atoms with Crippen molar-refractivity contribution >= 4 is 23.2 Å². The first-order chi connectivity index (χ1) is 9.06. The molecule has 0 unspecified atom stereocenters. The lowest BCUT2D eigenvalue weighted by molar-refractivity contribution is -0.117. The third-order valence-electron chi connectivity index (χ3n) is 2.53. The number of halogens is 1. The van der Waals surface area contributed by atoms with Gasteiger partial charge in [-0.2, -0.15) is 5.26 Å². The lowest BCUT2D eigenvalue weighted by Crippen LogP contribution is -2.34. The van der Waals surface area contributed by atoms with E-state index in [1.165, 1.54) is 0 Å². The Balaban J connectivity index is 2.53. The molecule has 0 fully saturated rings. The Morgan fingerprint density at radius 3 is 2.84 bits per heavy atom. The average molecular weight is 281 g/mol. The summed E-state index contributed by atoms with van der Waals surface area (Å²) < 4.78 is 0. The van der Waals surface area contributed by atoms with Crippen molar-refractivity contribution in [1.82, 2.24) is 10.2 Å². The standard InChI is InChI=1S/C13H17ClN4O/c1-16-5-6-18(2)9-13(19)17-11-4-3-10(8-15)12(14)7-11/h3-4,7,16H,5-6,9H2,1-2H3,(H,17,19). The molecule has 0 saturated heterocycles. The van der Waals surface area contributed by atoms with Gasteiger partial charge in [0, 0.05) is 18.8 Å². The Hall–Kier alpha value is -1.61. The van der Waals surface area contributed by atoms with Crippen molar-refractivity contribution in [3.63, 3.8) is 0 Å². The summed E-state index contributed by atoms with van der Waals surface area (Å²) in [5, 5.41) is 14.9. The number of amides is 1. The predicted molar refractivity (Wildman–Crippen MR) is 76.2 cm³/mol. The molecule has 1 amide bonds. The first kappa shape index (κ1) is 15.4. The van der Waals surface area contributed by atoms with Gasteiger partial charge in [-0.3, -0.25) is 9.69 Å². The Labute approximate surface area is 118 Å². The minimum atomic E-state index is -0.112. The molecule has 0 aromatic heterocycles. The number of nitrogens with zero attached hydrogens (tertiary/aromatic N) is 2. The first-order valence-corrected chi connectivity index (χ1v) is 6.27. The molecule has 0 spiro atoms. The quantitative estimate of drug-likeness (QED) is 0.824. The lowest BCUT2D eigenvalue weighted by Gasteiger charge is -2.15. The molecule has 19 heavy (non-hydrogen) atoms. The Kier molecular flexibility index (Phi) is 6.30. The molecular weight excluding hydrogens is 264 g/mol. The van der Waals surface area contributed by atoms with E-state index in [2.05, 4.69) is 10.6 Å². The fraction of sp³-hybridized carbons (Fsp3) is 0.385. The van der Waals surface area contributed by atoms with Crippen LogP contribution >= 0.6 is 11.6 Å². The van der Waals surface area contributed by atoms with E-state index in [1.807, 2.05) is 25.1 Å². The molecule has 0 bridgehead atoms. The highest BCUT2D eigenvalue weighted by Crippen LogP contribution is 2.20. The molecule has 5 nitrogen and oxygen atoms in total. The number of hydrogen-bond donors (Lipinski definition) is 2. The third kappa shape index (κ3) is 5.26. The van der Waals surface area contributed by atoms with Crippen LogP contribution in [0.15, 0.2) is 18.2 Å². The smallest absolute Gasteiger partial charge is 0.238 e. The van der Waals surface area contributed by atoms with Crippen molar-refractivity contribution in [2.45, 2.75) is 0 Å². The van der Waals surface area contributed by atoms with Gasteiger partial charge in [0.25, 0.3) is 0 Å². The maximum absolute atomic E-state index is 11.8. The van der Waals surface area contributed by atoms with Crippen LogP contribution in [0.25, 0.3) is 0 Å². The van der Waals surface area contributed by atoms with Crippen molar-refractivity contribution in [2.24, 2.45) is 0 Å². The van der Waals surface area contributed by atoms with E-state index in [4.69, 9.17) is 16.9 Å². The van der Waals surface area contributed by atoms with Crippen LogP contribution in [0.4, 0.5) is 5.69 Å². The fourth-order valence-corrected chi connectivity index (χ4v) is 1.73. The monoisotopic (exact) mass is 280 g/mol. The van der Waals surface area contributed by atoms with Gasteiger partial charge in [0.15, 0.2) is 0 Å². The number of carbonyl (C=O) groups excluding carboxylic acids is 1. The van der Waals surface area contributed by atoms with E-state index in [1.54, 1.807) is 18.2 Å². The molecule has 102 valence electrons. The van der Waals surface area contributed by atoms with E-state index < -0.39 is 0 Å². The number of rotatable bonds is 6. The lowest BCUT2D eigenvalue weighted by atomic mass is 10.2. The minimum absolute atomic E-state index is 0.112. The maximum atomic E-state index is 11.8. The summed E-state index contributed by atoms with van der Waals surface area (Å²) in [6, 6.07) is 6.79. The van der Waals surface area contributed by atoms with Crippen LogP contribution in [0.5, 0.6) is 0 Å². The number of nitriles is 1. The van der Waals surface area contributed by atoms with Gasteiger partial charge in [0.1, 0.15) is 6.07 Å². The normalized spacial score (nSPS) is 10.3. The van der Waals surface area contributed by atoms with Crippen LogP contribution in [0.2, 0.25) is 5.02 Å². The summed E-state index contributed by atoms with van der Waals surface area (Å²) in [5.74, 6) is -0.112. The molecule has 0 aliphatic rings. The van der Waals surface area contributed by atoms with Crippen LogP contribution in [-0.2, 0) is 4.79 Å². The van der Waals surface area contributed by atoms with Crippen LogP contribution in [0.3, 0.4) is 0 Å². The van der Waals surface area contributed by atoms with Crippen molar-refractivity contribution in [1.29, 1.82) is 5.26 Å². The second kappa shape index (κ2) is 7.74. The number of anilines is 1. The Bertz CT molecular complexity index is 484. The van der Waals surface area contributed by atoms with Gasteiger partial charge in [-0.25, -0.2) is 0 Å². The number of hydrogen-bond acceptors (Lipinski definition) is 4. The zero-order valence-corrected chi connectivity index (χ0v) is 11.8. The summed E-state index contributed by atoms with van der Waals surface area (Å²) in [6.07, 6.45) is 0. The van der Waals surface area contributed by atoms with Gasteiger partial charge < -0.3 is 10.6 Å². The van der Waals surface area contributed by atoms with Crippen molar-refractivity contribution in [3.05, 3.63) is 28.8 Å². The third-order valence-corrected chi connectivity index (χ3v) is 2.84. The highest BCUT2D eigenvalue weighted by atomic mass is 35.5. The molecule has 1 aromatic rings. The summed E-state index contributed by atoms with van der Waals surface area (Å²) in [4.78, 5) is 13.7. The minimum Gasteiger partial charge on any atom is -0.325 e. The second-order valence-corrected chi connectivity index (χ2v) is 4.60. The van der Waals surface area contributed by atoms with Crippen molar-refractivity contribution < 1.29 is 4.79 Å². The van der Waals surface area contributed by atoms with E-state index in [-0.39, 0.29) is 5.91 Å². The zero-order chi connectivity index (χ0) is 14.3. The predicted octanol–water partition coefficient (Wildman–Crippen LogP) is 1.30. The van der Waals surface area contributed by atoms with Gasteiger partial charge in [0.05, 0.1) is 17.1 Å². The molecule has 1 aromatic carbocycles. The van der Waals surface area contributed by atoms with E-state index in [9.17, 15) is 4.79 Å². The number of benzene rings is 1. The Morgan fingerprint density at radius 2 is 2.26 bits per heavy atom. The van der Waals surface area contributed by atoms with E-state index >= 15 is 0 Å². The molecule has 2 N–H and O–H groups in total. The molecule has 6 heteroatoms. The van der Waals surface area contributed by atoms with Crippen LogP contribution < -0.4 is 10.6 Å². The molecule has 0 heterocycles. The van der Waals surface area contributed by atoms with Gasteiger partial charge in [-0.1, -0.05) is 11.6 Å². The van der Waals surface area contributed by atoms with Crippen molar-refractivity contribution in [3.8, 4) is 6.07 Å². The molecule has 0 saturated carbocycles. The highest BCUT2D eigenvalue weighted by molar-refractivity contribution is 6.32. The first-order valence-electron chi connectivity index (χ1n) is 5.89. The number of nitrogens with one attached hydrogen (secondary N) is 2. The van der Waals surface area contributed by atoms with E-state index in [0.29, 0.717) is 22.8 Å². The summed E-state index contributed by atoms with van der Waals surface area (Å²) >= 11 is 5.89. The SMILES string of the molecule is CNCCN(C)CC(=O)Nc1ccc(C#N)c(Cl)c1. The average Bonchev–Trinajstić information content (AvgIpc) is 2.36. The molecule has 0 atom stereocenters. The fourth-order valence-electron chi connectivity index (χ4n) is 1.51. The molecule has 1 rings (SSSR count). The molecule has 0 aliphatic heterocycles. The molecule has 0 aliphatic carbocycles. The van der Waals surface area contributed by atoms with Crippen LogP contribution in [-0.4, -0.2) is 44.5 Å². The number of likely N-dealkylation sites (N-methyl/N-ethyl adjacent to an activating group) is 2. The van der Waals surface area contributed by atoms with Crippen molar-refractivity contribution in [2.75, 3.05) is 39.0 Å². The summed E-state index contributed by atoms with van der Waals surface area (Å²) in [7, 11) is 3.75. The maximum Gasteiger partial charge on any atom is 0.238 e.